The van der Waals surface area contributed by atoms with Gasteiger partial charge >= 0.3 is 58.4 Å². The Labute approximate surface area is 136 Å². The van der Waals surface area contributed by atoms with Crippen molar-refractivity contribution in [3.8, 4) is 0 Å². The van der Waals surface area contributed by atoms with E-state index < -0.39 is 13.5 Å². The fourth-order valence-electron chi connectivity index (χ4n) is 1.02. The minimum atomic E-state index is -4.83. The summed E-state index contributed by atoms with van der Waals surface area (Å²) >= 11 is 0. The van der Waals surface area contributed by atoms with Crippen molar-refractivity contribution in [2.45, 2.75) is 0 Å². The van der Waals surface area contributed by atoms with E-state index in [9.17, 15) is 12.9 Å². The van der Waals surface area contributed by atoms with Crippen molar-refractivity contribution in [2.24, 2.45) is 0 Å². The third-order valence-electron chi connectivity index (χ3n) is 1.63. The van der Waals surface area contributed by atoms with Crippen molar-refractivity contribution in [1.82, 2.24) is 0 Å². The van der Waals surface area contributed by atoms with Gasteiger partial charge in [-0.1, -0.05) is 42.5 Å². The number of halogens is 3. The molecule has 0 saturated heterocycles. The van der Waals surface area contributed by atoms with E-state index in [1.165, 1.54) is 0 Å². The van der Waals surface area contributed by atoms with Gasteiger partial charge in [-0.25, -0.2) is 0 Å². The normalized spacial score (nSPS) is 11.4. The van der Waals surface area contributed by atoms with Crippen LogP contribution in [0.2, 0.25) is 0 Å². The van der Waals surface area contributed by atoms with Gasteiger partial charge in [0.05, 0.1) is 6.61 Å². The molecule has 1 aromatic carbocycles. The molecule has 0 unspecified atom stereocenters. The maximum absolute atomic E-state index is 11.7. The van der Waals surface area contributed by atoms with Gasteiger partial charge in [-0.2, -0.15) is 0 Å². The van der Waals surface area contributed by atoms with Crippen LogP contribution in [0, 0.1) is 0 Å². The Bertz CT molecular complexity index is 314. The molecule has 0 fully saturated rings. The molecule has 0 bridgehead atoms. The van der Waals surface area contributed by atoms with E-state index in [4.69, 9.17) is 0 Å². The van der Waals surface area contributed by atoms with Gasteiger partial charge in [0.25, 0.3) is 0 Å². The topological polar surface area (TPSA) is 9.23 Å². The summed E-state index contributed by atoms with van der Waals surface area (Å²) in [6, 6.07) is 9.33. The second kappa shape index (κ2) is 8.49. The van der Waals surface area contributed by atoms with Crippen LogP contribution in [0.5, 0.6) is 0 Å². The van der Waals surface area contributed by atoms with E-state index in [1.54, 1.807) is 12.2 Å². The third-order valence-corrected chi connectivity index (χ3v) is 1.63. The average Bonchev–Trinajstić information content (AvgIpc) is 2.17. The molecule has 0 N–H and O–H groups in total. The van der Waals surface area contributed by atoms with Crippen LogP contribution in [0.1, 0.15) is 5.56 Å². The molecular weight excluding hydrogens is 243 g/mol. The first-order chi connectivity index (χ1) is 7.08. The summed E-state index contributed by atoms with van der Waals surface area (Å²) in [5.74, 6) is 0. The average molecular weight is 254 g/mol. The molecule has 0 heterocycles. The summed E-state index contributed by atoms with van der Waals surface area (Å²) < 4.78 is 39.6. The van der Waals surface area contributed by atoms with Crippen molar-refractivity contribution < 1.29 is 69.1 Å². The standard InChI is InChI=1S/C10H11BF3O.K/c12-11(13,14)9-15-8-4-7-10-5-2-1-3-6-10;/h1-7H,8-9H2;/q-1;+1. The number of benzene rings is 1. The Morgan fingerprint density at radius 1 is 1.12 bits per heavy atom. The summed E-state index contributed by atoms with van der Waals surface area (Å²) in [5, 5.41) is 0. The molecule has 0 amide bonds. The number of ether oxygens (including phenoxy) is 1. The van der Waals surface area contributed by atoms with Crippen LogP contribution in [-0.2, 0) is 4.74 Å². The SMILES string of the molecule is F[B-](F)(F)COCC=Cc1ccccc1.[K+]. The van der Waals surface area contributed by atoms with Crippen LogP contribution in [-0.4, -0.2) is 20.1 Å². The largest absolute Gasteiger partial charge is 1.00 e. The number of rotatable bonds is 5. The third kappa shape index (κ3) is 8.55. The Balaban J connectivity index is 0.00000225. The van der Waals surface area contributed by atoms with Crippen LogP contribution in [0.4, 0.5) is 12.9 Å². The van der Waals surface area contributed by atoms with Crippen molar-refractivity contribution in [3.05, 3.63) is 42.0 Å². The Morgan fingerprint density at radius 2 is 1.75 bits per heavy atom. The summed E-state index contributed by atoms with van der Waals surface area (Å²) in [6.45, 7) is -5.99. The van der Waals surface area contributed by atoms with E-state index in [0.717, 1.165) is 5.56 Å². The zero-order valence-corrected chi connectivity index (χ0v) is 12.2. The fraction of sp³-hybridized carbons (Fsp3) is 0.200. The van der Waals surface area contributed by atoms with Gasteiger partial charge in [0.1, 0.15) is 0 Å². The second-order valence-corrected chi connectivity index (χ2v) is 3.06. The van der Waals surface area contributed by atoms with Crippen LogP contribution < -0.4 is 51.4 Å². The smallest absolute Gasteiger partial charge is 0.447 e. The second-order valence-electron chi connectivity index (χ2n) is 3.06. The number of hydrogen-bond donors (Lipinski definition) is 0. The monoisotopic (exact) mass is 254 g/mol. The minimum absolute atomic E-state index is 0. The summed E-state index contributed by atoms with van der Waals surface area (Å²) in [7, 11) is 0. The molecule has 0 spiro atoms. The van der Waals surface area contributed by atoms with Crippen LogP contribution in [0.15, 0.2) is 36.4 Å². The Morgan fingerprint density at radius 3 is 2.31 bits per heavy atom. The zero-order valence-electron chi connectivity index (χ0n) is 9.08. The predicted octanol–water partition coefficient (Wildman–Crippen LogP) is 0.107. The van der Waals surface area contributed by atoms with Gasteiger partial charge in [-0.3, -0.25) is 0 Å². The van der Waals surface area contributed by atoms with Gasteiger partial charge in [-0.05, 0) is 5.56 Å². The van der Waals surface area contributed by atoms with Gasteiger partial charge in [-0.15, -0.1) is 0 Å². The molecule has 0 radical (unpaired) electrons. The molecule has 0 aromatic heterocycles. The van der Waals surface area contributed by atoms with Gasteiger partial charge < -0.3 is 17.7 Å². The van der Waals surface area contributed by atoms with Crippen molar-refractivity contribution in [1.29, 1.82) is 0 Å². The molecule has 16 heavy (non-hydrogen) atoms. The van der Waals surface area contributed by atoms with Crippen LogP contribution in [0.25, 0.3) is 6.08 Å². The molecule has 0 aliphatic rings. The molecule has 1 rings (SSSR count). The summed E-state index contributed by atoms with van der Waals surface area (Å²) in [6.07, 6.45) is 3.29. The molecule has 0 saturated carbocycles. The molecule has 1 aromatic rings. The molecule has 1 nitrogen and oxygen atoms in total. The maximum Gasteiger partial charge on any atom is 1.00 e. The van der Waals surface area contributed by atoms with Crippen LogP contribution in [0.3, 0.4) is 0 Å². The number of hydrogen-bond acceptors (Lipinski definition) is 1. The molecule has 6 heteroatoms. The summed E-state index contributed by atoms with van der Waals surface area (Å²) in [5.41, 5.74) is 0.943. The van der Waals surface area contributed by atoms with Gasteiger partial charge in [0, 0.05) is 6.51 Å². The van der Waals surface area contributed by atoms with E-state index in [-0.39, 0.29) is 58.0 Å². The molecule has 0 aliphatic heterocycles. The van der Waals surface area contributed by atoms with Crippen LogP contribution >= 0.6 is 0 Å². The first kappa shape index (κ1) is 16.4. The molecule has 82 valence electrons. The Kier molecular flexibility index (Phi) is 8.71. The van der Waals surface area contributed by atoms with E-state index in [0.29, 0.717) is 0 Å². The first-order valence-corrected chi connectivity index (χ1v) is 4.58. The van der Waals surface area contributed by atoms with Crippen molar-refractivity contribution in [2.75, 3.05) is 13.1 Å². The predicted molar refractivity (Wildman–Crippen MR) is 55.4 cm³/mol. The fourth-order valence-corrected chi connectivity index (χ4v) is 1.02. The van der Waals surface area contributed by atoms with Crippen molar-refractivity contribution in [3.63, 3.8) is 0 Å². The summed E-state index contributed by atoms with van der Waals surface area (Å²) in [4.78, 5) is 0. The molecular formula is C10H11BF3KO. The zero-order chi connectivity index (χ0) is 11.1. The van der Waals surface area contributed by atoms with E-state index in [1.807, 2.05) is 30.3 Å². The Hall–Kier alpha value is 0.411. The minimum Gasteiger partial charge on any atom is -0.447 e. The van der Waals surface area contributed by atoms with E-state index >= 15 is 0 Å². The maximum atomic E-state index is 11.7. The molecule has 0 aliphatic carbocycles. The first-order valence-electron chi connectivity index (χ1n) is 4.58. The van der Waals surface area contributed by atoms with E-state index in [2.05, 4.69) is 4.74 Å². The van der Waals surface area contributed by atoms with Crippen molar-refractivity contribution >= 4 is 13.1 Å². The van der Waals surface area contributed by atoms with Gasteiger partial charge in [0.15, 0.2) is 0 Å². The molecule has 0 atom stereocenters. The van der Waals surface area contributed by atoms with Gasteiger partial charge in [0.2, 0.25) is 0 Å². The quantitative estimate of drug-likeness (QED) is 0.535.